The zero-order valence-corrected chi connectivity index (χ0v) is 20.8. The molecule has 0 fully saturated rings. The lowest BCUT2D eigenvalue weighted by Gasteiger charge is -2.12. The zero-order valence-electron chi connectivity index (χ0n) is 19.2. The van der Waals surface area contributed by atoms with Crippen LogP contribution < -0.4 is 10.1 Å². The average molecular weight is 494 g/mol. The first-order chi connectivity index (χ1) is 16.4. The summed E-state index contributed by atoms with van der Waals surface area (Å²) in [5.41, 5.74) is 6.15. The van der Waals surface area contributed by atoms with E-state index in [1.54, 1.807) is 24.5 Å². The van der Waals surface area contributed by atoms with E-state index in [2.05, 4.69) is 5.32 Å². The standard InChI is InChI=1S/C28H25Cl2NO3/c1-4-33-26-14-27-23(24(16-34-27)21-10-9-20(29)12-25(21)30)13-22(26)18(3)11-28(32)31-15-19-7-5-17(2)6-8-19/h5-14,16H,4,15H2,1-3H3,(H,31,32)/b18-11+. The van der Waals surface area contributed by atoms with E-state index in [0.717, 1.165) is 33.2 Å². The van der Waals surface area contributed by atoms with Crippen LogP contribution in [0.15, 0.2) is 71.4 Å². The van der Waals surface area contributed by atoms with Crippen LogP contribution in [-0.2, 0) is 11.3 Å². The lowest BCUT2D eigenvalue weighted by molar-refractivity contribution is -0.116. The van der Waals surface area contributed by atoms with Crippen LogP contribution in [0.5, 0.6) is 5.75 Å². The summed E-state index contributed by atoms with van der Waals surface area (Å²) >= 11 is 12.5. The number of halogens is 2. The average Bonchev–Trinajstić information content (AvgIpc) is 3.21. The van der Waals surface area contributed by atoms with Crippen molar-refractivity contribution in [3.05, 3.63) is 93.7 Å². The van der Waals surface area contributed by atoms with Crippen molar-refractivity contribution in [1.82, 2.24) is 5.32 Å². The number of carbonyl (C=O) groups is 1. The van der Waals surface area contributed by atoms with E-state index in [-0.39, 0.29) is 5.91 Å². The molecule has 0 radical (unpaired) electrons. The predicted octanol–water partition coefficient (Wildman–Crippen LogP) is 7.83. The molecule has 0 atom stereocenters. The van der Waals surface area contributed by atoms with Crippen molar-refractivity contribution in [2.75, 3.05) is 6.61 Å². The molecule has 4 aromatic rings. The highest BCUT2D eigenvalue weighted by atomic mass is 35.5. The van der Waals surface area contributed by atoms with Gasteiger partial charge in [-0.05, 0) is 50.1 Å². The first-order valence-corrected chi connectivity index (χ1v) is 11.8. The monoisotopic (exact) mass is 493 g/mol. The lowest BCUT2D eigenvalue weighted by atomic mass is 9.99. The van der Waals surface area contributed by atoms with E-state index in [1.807, 2.05) is 63.2 Å². The Hall–Kier alpha value is -3.21. The fourth-order valence-electron chi connectivity index (χ4n) is 3.78. The number of amides is 1. The van der Waals surface area contributed by atoms with Gasteiger partial charge in [-0.1, -0.05) is 59.1 Å². The van der Waals surface area contributed by atoms with Gasteiger partial charge >= 0.3 is 0 Å². The fraction of sp³-hybridized carbons (Fsp3) is 0.179. The Morgan fingerprint density at radius 2 is 1.82 bits per heavy atom. The number of rotatable bonds is 7. The third kappa shape index (κ3) is 5.30. The van der Waals surface area contributed by atoms with Gasteiger partial charge in [0.15, 0.2) is 0 Å². The molecule has 0 unspecified atom stereocenters. The Labute approximate surface area is 209 Å². The minimum absolute atomic E-state index is 0.172. The highest BCUT2D eigenvalue weighted by Gasteiger charge is 2.17. The van der Waals surface area contributed by atoms with E-state index >= 15 is 0 Å². The van der Waals surface area contributed by atoms with Gasteiger partial charge in [-0.3, -0.25) is 4.79 Å². The molecule has 4 rings (SSSR count). The molecule has 0 aliphatic rings. The molecule has 1 heterocycles. The number of aryl methyl sites for hydroxylation is 1. The van der Waals surface area contributed by atoms with E-state index in [1.165, 1.54) is 5.56 Å². The summed E-state index contributed by atoms with van der Waals surface area (Å²) in [5, 5.41) is 4.92. The highest BCUT2D eigenvalue weighted by molar-refractivity contribution is 6.36. The van der Waals surface area contributed by atoms with Gasteiger partial charge in [0.25, 0.3) is 0 Å². The van der Waals surface area contributed by atoms with E-state index < -0.39 is 0 Å². The highest BCUT2D eigenvalue weighted by Crippen LogP contribution is 2.40. The van der Waals surface area contributed by atoms with Gasteiger partial charge in [-0.25, -0.2) is 0 Å². The number of benzene rings is 3. The molecule has 174 valence electrons. The van der Waals surface area contributed by atoms with Crippen molar-refractivity contribution in [1.29, 1.82) is 0 Å². The predicted molar refractivity (Wildman–Crippen MR) is 140 cm³/mol. The molecule has 0 saturated carbocycles. The molecule has 0 aliphatic carbocycles. The molecule has 1 aromatic heterocycles. The number of hydrogen-bond donors (Lipinski definition) is 1. The molecule has 0 aliphatic heterocycles. The van der Waals surface area contributed by atoms with Gasteiger partial charge in [0.1, 0.15) is 11.3 Å². The van der Waals surface area contributed by atoms with E-state index in [9.17, 15) is 4.79 Å². The molecular formula is C28H25Cl2NO3. The second-order valence-electron chi connectivity index (χ2n) is 8.08. The van der Waals surface area contributed by atoms with Crippen molar-refractivity contribution in [3.8, 4) is 16.9 Å². The largest absolute Gasteiger partial charge is 0.493 e. The molecule has 0 spiro atoms. The number of ether oxygens (including phenoxy) is 1. The fourth-order valence-corrected chi connectivity index (χ4v) is 4.29. The summed E-state index contributed by atoms with van der Waals surface area (Å²) in [6.45, 7) is 6.79. The molecule has 1 N–H and O–H groups in total. The maximum atomic E-state index is 12.6. The van der Waals surface area contributed by atoms with Crippen molar-refractivity contribution in [3.63, 3.8) is 0 Å². The van der Waals surface area contributed by atoms with Gasteiger partial charge in [-0.2, -0.15) is 0 Å². The lowest BCUT2D eigenvalue weighted by Crippen LogP contribution is -2.20. The summed E-state index contributed by atoms with van der Waals surface area (Å²) in [7, 11) is 0. The van der Waals surface area contributed by atoms with E-state index in [4.69, 9.17) is 32.4 Å². The van der Waals surface area contributed by atoms with Crippen molar-refractivity contribution >= 4 is 45.7 Å². The van der Waals surface area contributed by atoms with Crippen LogP contribution >= 0.6 is 23.2 Å². The van der Waals surface area contributed by atoms with Crippen LogP contribution in [0, 0.1) is 6.92 Å². The van der Waals surface area contributed by atoms with Crippen LogP contribution in [0.25, 0.3) is 27.7 Å². The normalized spacial score (nSPS) is 11.6. The molecule has 34 heavy (non-hydrogen) atoms. The summed E-state index contributed by atoms with van der Waals surface area (Å²) in [6, 6.07) is 17.3. The first-order valence-electron chi connectivity index (χ1n) is 11.0. The van der Waals surface area contributed by atoms with Gasteiger partial charge in [0.2, 0.25) is 5.91 Å². The number of allylic oxidation sites excluding steroid dienone is 1. The Kier molecular flexibility index (Phi) is 7.30. The number of nitrogens with one attached hydrogen (secondary N) is 1. The Morgan fingerprint density at radius 1 is 1.06 bits per heavy atom. The minimum atomic E-state index is -0.172. The zero-order chi connectivity index (χ0) is 24.2. The second kappa shape index (κ2) is 10.4. The van der Waals surface area contributed by atoms with Gasteiger partial charge in [-0.15, -0.1) is 0 Å². The van der Waals surface area contributed by atoms with E-state index in [0.29, 0.717) is 34.5 Å². The quantitative estimate of drug-likeness (QED) is 0.266. The smallest absolute Gasteiger partial charge is 0.244 e. The number of furan rings is 1. The maximum absolute atomic E-state index is 12.6. The number of carbonyl (C=O) groups excluding carboxylic acids is 1. The molecule has 6 heteroatoms. The van der Waals surface area contributed by atoms with Crippen LogP contribution in [0.2, 0.25) is 10.0 Å². The molecule has 0 saturated heterocycles. The van der Waals surface area contributed by atoms with Gasteiger partial charge in [0.05, 0.1) is 17.9 Å². The minimum Gasteiger partial charge on any atom is -0.493 e. The first kappa shape index (κ1) is 23.9. The summed E-state index contributed by atoms with van der Waals surface area (Å²) < 4.78 is 11.7. The molecule has 1 amide bonds. The number of fused-ring (bicyclic) bond motifs is 1. The second-order valence-corrected chi connectivity index (χ2v) is 8.93. The summed E-state index contributed by atoms with van der Waals surface area (Å²) in [5.74, 6) is 0.479. The molecule has 3 aromatic carbocycles. The SMILES string of the molecule is CCOc1cc2occ(-c3ccc(Cl)cc3Cl)c2cc1/C(C)=C/C(=O)NCc1ccc(C)cc1. The van der Waals surface area contributed by atoms with Crippen molar-refractivity contribution < 1.29 is 13.9 Å². The van der Waals surface area contributed by atoms with Crippen LogP contribution in [-0.4, -0.2) is 12.5 Å². The Balaban J connectivity index is 1.67. The van der Waals surface area contributed by atoms with Crippen LogP contribution in [0.4, 0.5) is 0 Å². The number of hydrogen-bond acceptors (Lipinski definition) is 3. The van der Waals surface area contributed by atoms with Crippen LogP contribution in [0.1, 0.15) is 30.5 Å². The van der Waals surface area contributed by atoms with Gasteiger partial charge < -0.3 is 14.5 Å². The van der Waals surface area contributed by atoms with Crippen molar-refractivity contribution in [2.45, 2.75) is 27.3 Å². The third-order valence-electron chi connectivity index (χ3n) is 5.56. The summed E-state index contributed by atoms with van der Waals surface area (Å²) in [6.07, 6.45) is 3.26. The molecule has 4 nitrogen and oxygen atoms in total. The van der Waals surface area contributed by atoms with Crippen LogP contribution in [0.3, 0.4) is 0 Å². The Bertz CT molecular complexity index is 1370. The van der Waals surface area contributed by atoms with Gasteiger partial charge in [0, 0.05) is 45.8 Å². The third-order valence-corrected chi connectivity index (χ3v) is 6.10. The topological polar surface area (TPSA) is 51.5 Å². The summed E-state index contributed by atoms with van der Waals surface area (Å²) in [4.78, 5) is 12.6. The molecular weight excluding hydrogens is 469 g/mol. The molecule has 0 bridgehead atoms. The Morgan fingerprint density at radius 3 is 2.53 bits per heavy atom. The van der Waals surface area contributed by atoms with Crippen molar-refractivity contribution in [2.24, 2.45) is 0 Å². The maximum Gasteiger partial charge on any atom is 0.244 e.